The van der Waals surface area contributed by atoms with Gasteiger partial charge in [0.15, 0.2) is 0 Å². The first kappa shape index (κ1) is 19.1. The van der Waals surface area contributed by atoms with E-state index >= 15 is 0 Å². The molecule has 3 aromatic rings. The van der Waals surface area contributed by atoms with Crippen LogP contribution in [-0.4, -0.2) is 45.0 Å². The lowest BCUT2D eigenvalue weighted by molar-refractivity contribution is -0.121. The Labute approximate surface area is 173 Å². The number of carbonyl (C=O) groups is 2. The minimum absolute atomic E-state index is 0.0939. The third-order valence-electron chi connectivity index (χ3n) is 4.93. The SMILES string of the molecule is O=C(Nc1ccc(Cl)cc1)[C@@H]1CCCN(C(=O)c2cc(-c3ccccn3)n[nH]2)C1. The van der Waals surface area contributed by atoms with Crippen molar-refractivity contribution < 1.29 is 9.59 Å². The Morgan fingerprint density at radius 1 is 1.14 bits per heavy atom. The van der Waals surface area contributed by atoms with Gasteiger partial charge < -0.3 is 10.2 Å². The minimum Gasteiger partial charge on any atom is -0.337 e. The van der Waals surface area contributed by atoms with Gasteiger partial charge in [0.25, 0.3) is 5.91 Å². The topological polar surface area (TPSA) is 91.0 Å². The number of aromatic nitrogens is 3. The van der Waals surface area contributed by atoms with Crippen molar-refractivity contribution in [2.24, 2.45) is 5.92 Å². The molecule has 0 bridgehead atoms. The summed E-state index contributed by atoms with van der Waals surface area (Å²) in [4.78, 5) is 31.5. The molecule has 29 heavy (non-hydrogen) atoms. The number of halogens is 1. The van der Waals surface area contributed by atoms with Crippen molar-refractivity contribution in [3.63, 3.8) is 0 Å². The Kier molecular flexibility index (Phi) is 5.57. The summed E-state index contributed by atoms with van der Waals surface area (Å²) < 4.78 is 0. The van der Waals surface area contributed by atoms with E-state index < -0.39 is 0 Å². The number of H-pyrrole nitrogens is 1. The standard InChI is InChI=1S/C21H20ClN5O2/c22-15-6-8-16(9-7-15)24-20(28)14-4-3-11-27(13-14)21(29)19-12-18(25-26-19)17-5-1-2-10-23-17/h1-2,5-10,12,14H,3-4,11,13H2,(H,24,28)(H,25,26)/t14-/m1/s1. The smallest absolute Gasteiger partial charge is 0.271 e. The molecule has 1 aliphatic heterocycles. The molecule has 2 N–H and O–H groups in total. The van der Waals surface area contributed by atoms with Crippen LogP contribution >= 0.6 is 11.6 Å². The maximum Gasteiger partial charge on any atom is 0.271 e. The minimum atomic E-state index is -0.262. The normalized spacial score (nSPS) is 16.4. The number of aromatic amines is 1. The summed E-state index contributed by atoms with van der Waals surface area (Å²) in [6.45, 7) is 0.984. The molecule has 1 aromatic carbocycles. The van der Waals surface area contributed by atoms with E-state index in [9.17, 15) is 9.59 Å². The fraction of sp³-hybridized carbons (Fsp3) is 0.238. The first-order chi connectivity index (χ1) is 14.1. The largest absolute Gasteiger partial charge is 0.337 e. The number of hydrogen-bond donors (Lipinski definition) is 2. The number of anilines is 1. The van der Waals surface area contributed by atoms with Crippen LogP contribution in [0.1, 0.15) is 23.3 Å². The lowest BCUT2D eigenvalue weighted by atomic mass is 9.96. The zero-order chi connectivity index (χ0) is 20.2. The van der Waals surface area contributed by atoms with Crippen LogP contribution in [0.2, 0.25) is 5.02 Å². The number of nitrogens with zero attached hydrogens (tertiary/aromatic N) is 3. The molecule has 4 rings (SSSR count). The highest BCUT2D eigenvalue weighted by Gasteiger charge is 2.29. The van der Waals surface area contributed by atoms with Crippen LogP contribution in [0.15, 0.2) is 54.7 Å². The number of likely N-dealkylation sites (tertiary alicyclic amines) is 1. The summed E-state index contributed by atoms with van der Waals surface area (Å²) in [7, 11) is 0. The van der Waals surface area contributed by atoms with Gasteiger partial charge in [-0.3, -0.25) is 19.7 Å². The summed E-state index contributed by atoms with van der Waals surface area (Å²) in [5.41, 5.74) is 2.39. The Bertz CT molecular complexity index is 1000. The van der Waals surface area contributed by atoms with Crippen LogP contribution < -0.4 is 5.32 Å². The highest BCUT2D eigenvalue weighted by atomic mass is 35.5. The second-order valence-corrected chi connectivity index (χ2v) is 7.40. The van der Waals surface area contributed by atoms with Gasteiger partial charge >= 0.3 is 0 Å². The maximum atomic E-state index is 12.9. The quantitative estimate of drug-likeness (QED) is 0.688. The van der Waals surface area contributed by atoms with E-state index in [0.29, 0.717) is 40.9 Å². The summed E-state index contributed by atoms with van der Waals surface area (Å²) in [5, 5.41) is 10.5. The first-order valence-corrected chi connectivity index (χ1v) is 9.80. The molecule has 1 atom stereocenters. The fourth-order valence-electron chi connectivity index (χ4n) is 3.40. The lowest BCUT2D eigenvalue weighted by Gasteiger charge is -2.31. The first-order valence-electron chi connectivity index (χ1n) is 9.42. The van der Waals surface area contributed by atoms with Gasteiger partial charge in [0.1, 0.15) is 11.4 Å². The molecule has 2 aromatic heterocycles. The number of benzene rings is 1. The van der Waals surface area contributed by atoms with E-state index in [2.05, 4.69) is 20.5 Å². The number of piperidine rings is 1. The Morgan fingerprint density at radius 3 is 2.72 bits per heavy atom. The van der Waals surface area contributed by atoms with Crippen molar-refractivity contribution in [2.75, 3.05) is 18.4 Å². The van der Waals surface area contributed by atoms with Crippen molar-refractivity contribution >= 4 is 29.1 Å². The number of pyridine rings is 1. The van der Waals surface area contributed by atoms with Crippen molar-refractivity contribution in [2.45, 2.75) is 12.8 Å². The van der Waals surface area contributed by atoms with Crippen molar-refractivity contribution in [3.8, 4) is 11.4 Å². The molecule has 1 fully saturated rings. The molecule has 148 valence electrons. The monoisotopic (exact) mass is 409 g/mol. The van der Waals surface area contributed by atoms with Crippen LogP contribution in [0, 0.1) is 5.92 Å². The van der Waals surface area contributed by atoms with E-state index in [0.717, 1.165) is 12.8 Å². The molecule has 0 unspecified atom stereocenters. The van der Waals surface area contributed by atoms with Gasteiger partial charge in [-0.1, -0.05) is 17.7 Å². The summed E-state index contributed by atoms with van der Waals surface area (Å²) in [6, 6.07) is 14.2. The number of nitrogens with one attached hydrogen (secondary N) is 2. The van der Waals surface area contributed by atoms with E-state index in [4.69, 9.17) is 11.6 Å². The average Bonchev–Trinajstić information content (AvgIpc) is 3.26. The molecule has 3 heterocycles. The van der Waals surface area contributed by atoms with E-state index in [1.165, 1.54) is 0 Å². The molecular formula is C21H20ClN5O2. The van der Waals surface area contributed by atoms with Gasteiger partial charge in [0.2, 0.25) is 5.91 Å². The number of hydrogen-bond acceptors (Lipinski definition) is 4. The number of carbonyl (C=O) groups excluding carboxylic acids is 2. The van der Waals surface area contributed by atoms with Gasteiger partial charge in [-0.25, -0.2) is 0 Å². The molecule has 0 aliphatic carbocycles. The number of rotatable bonds is 4. The zero-order valence-corrected chi connectivity index (χ0v) is 16.4. The van der Waals surface area contributed by atoms with Crippen molar-refractivity contribution in [3.05, 3.63) is 65.4 Å². The van der Waals surface area contributed by atoms with Gasteiger partial charge in [0, 0.05) is 30.0 Å². The summed E-state index contributed by atoms with van der Waals surface area (Å²) in [6.07, 6.45) is 3.19. The third-order valence-corrected chi connectivity index (χ3v) is 5.18. The van der Waals surface area contributed by atoms with Crippen LogP contribution in [-0.2, 0) is 4.79 Å². The zero-order valence-electron chi connectivity index (χ0n) is 15.6. The molecule has 1 saturated heterocycles. The Hall–Kier alpha value is -3.19. The molecule has 7 nitrogen and oxygen atoms in total. The van der Waals surface area contributed by atoms with Gasteiger partial charge in [-0.15, -0.1) is 0 Å². The molecular weight excluding hydrogens is 390 g/mol. The average molecular weight is 410 g/mol. The van der Waals surface area contributed by atoms with Crippen molar-refractivity contribution in [1.82, 2.24) is 20.1 Å². The van der Waals surface area contributed by atoms with Crippen LogP contribution in [0.4, 0.5) is 5.69 Å². The Balaban J connectivity index is 1.41. The number of amides is 2. The highest BCUT2D eigenvalue weighted by Crippen LogP contribution is 2.22. The highest BCUT2D eigenvalue weighted by molar-refractivity contribution is 6.30. The predicted molar refractivity (Wildman–Crippen MR) is 111 cm³/mol. The lowest BCUT2D eigenvalue weighted by Crippen LogP contribution is -2.43. The molecule has 2 amide bonds. The van der Waals surface area contributed by atoms with Crippen molar-refractivity contribution in [1.29, 1.82) is 0 Å². The van der Waals surface area contributed by atoms with E-state index in [1.54, 1.807) is 41.4 Å². The van der Waals surface area contributed by atoms with Gasteiger partial charge in [-0.2, -0.15) is 5.10 Å². The maximum absolute atomic E-state index is 12.9. The van der Waals surface area contributed by atoms with Crippen LogP contribution in [0.3, 0.4) is 0 Å². The molecule has 0 radical (unpaired) electrons. The Morgan fingerprint density at radius 2 is 1.97 bits per heavy atom. The summed E-state index contributed by atoms with van der Waals surface area (Å²) >= 11 is 5.88. The fourth-order valence-corrected chi connectivity index (χ4v) is 3.53. The van der Waals surface area contributed by atoms with Crippen LogP contribution in [0.5, 0.6) is 0 Å². The van der Waals surface area contributed by atoms with Crippen LogP contribution in [0.25, 0.3) is 11.4 Å². The molecule has 0 spiro atoms. The molecule has 8 heteroatoms. The van der Waals surface area contributed by atoms with Gasteiger partial charge in [0.05, 0.1) is 11.6 Å². The second-order valence-electron chi connectivity index (χ2n) is 6.97. The van der Waals surface area contributed by atoms with E-state index in [1.807, 2.05) is 18.2 Å². The third kappa shape index (κ3) is 4.46. The predicted octanol–water partition coefficient (Wildman–Crippen LogP) is 3.62. The molecule has 1 aliphatic rings. The second kappa shape index (κ2) is 8.45. The van der Waals surface area contributed by atoms with E-state index in [-0.39, 0.29) is 17.7 Å². The summed E-state index contributed by atoms with van der Waals surface area (Å²) in [5.74, 6) is -0.520. The van der Waals surface area contributed by atoms with Gasteiger partial charge in [-0.05, 0) is 55.3 Å². The molecule has 0 saturated carbocycles.